The Bertz CT molecular complexity index is 910. The van der Waals surface area contributed by atoms with Crippen LogP contribution in [0.1, 0.15) is 16.8 Å². The minimum atomic E-state index is 0. The molecule has 0 aliphatic heterocycles. The second-order valence-electron chi connectivity index (χ2n) is 6.64. The molecule has 7 heteroatoms. The molecule has 3 rings (SSSR count). The molecule has 154 valence electrons. The van der Waals surface area contributed by atoms with Crippen molar-refractivity contribution in [2.75, 3.05) is 14.1 Å². The first-order valence-electron chi connectivity index (χ1n) is 9.29. The van der Waals surface area contributed by atoms with E-state index in [1.807, 2.05) is 68.8 Å². The van der Waals surface area contributed by atoms with Gasteiger partial charge in [0.25, 0.3) is 0 Å². The summed E-state index contributed by atoms with van der Waals surface area (Å²) in [6.45, 7) is 1.94. The van der Waals surface area contributed by atoms with Crippen LogP contribution >= 0.6 is 24.0 Å². The number of aromatic nitrogens is 2. The Morgan fingerprint density at radius 2 is 1.93 bits per heavy atom. The Morgan fingerprint density at radius 3 is 2.62 bits per heavy atom. The quantitative estimate of drug-likeness (QED) is 0.302. The molecule has 0 fully saturated rings. The van der Waals surface area contributed by atoms with Gasteiger partial charge in [0.1, 0.15) is 6.61 Å². The molecule has 1 N–H and O–H groups in total. The molecule has 0 atom stereocenters. The van der Waals surface area contributed by atoms with Gasteiger partial charge in [0.2, 0.25) is 5.88 Å². The highest BCUT2D eigenvalue weighted by atomic mass is 127. The number of hydrogen-bond donors (Lipinski definition) is 1. The second-order valence-corrected chi connectivity index (χ2v) is 6.64. The summed E-state index contributed by atoms with van der Waals surface area (Å²) >= 11 is 0. The molecule has 2 aromatic heterocycles. The third-order valence-electron chi connectivity index (χ3n) is 4.50. The van der Waals surface area contributed by atoms with Crippen molar-refractivity contribution in [3.8, 4) is 5.88 Å². The van der Waals surface area contributed by atoms with Crippen LogP contribution in [0.2, 0.25) is 0 Å². The maximum absolute atomic E-state index is 5.81. The van der Waals surface area contributed by atoms with Crippen LogP contribution in [0, 0.1) is 0 Å². The van der Waals surface area contributed by atoms with Crippen molar-refractivity contribution < 1.29 is 4.74 Å². The molecule has 3 aromatic rings. The second kappa shape index (κ2) is 11.5. The summed E-state index contributed by atoms with van der Waals surface area (Å²) in [5.41, 5.74) is 3.44. The molecule has 6 nitrogen and oxygen atoms in total. The van der Waals surface area contributed by atoms with Gasteiger partial charge >= 0.3 is 0 Å². The molecule has 0 saturated carbocycles. The van der Waals surface area contributed by atoms with Gasteiger partial charge in [-0.2, -0.15) is 0 Å². The van der Waals surface area contributed by atoms with Gasteiger partial charge in [-0.1, -0.05) is 30.3 Å². The van der Waals surface area contributed by atoms with Crippen LogP contribution in [0.25, 0.3) is 0 Å². The number of benzene rings is 1. The van der Waals surface area contributed by atoms with Crippen molar-refractivity contribution in [3.63, 3.8) is 0 Å². The third-order valence-corrected chi connectivity index (χ3v) is 4.50. The summed E-state index contributed by atoms with van der Waals surface area (Å²) < 4.78 is 7.93. The molecule has 0 radical (unpaired) electrons. The monoisotopic (exact) mass is 505 g/mol. The predicted octanol–water partition coefficient (Wildman–Crippen LogP) is 3.82. The van der Waals surface area contributed by atoms with Gasteiger partial charge in [0.05, 0.1) is 6.54 Å². The summed E-state index contributed by atoms with van der Waals surface area (Å²) in [4.78, 5) is 10.8. The van der Waals surface area contributed by atoms with Gasteiger partial charge in [-0.25, -0.2) is 4.98 Å². The summed E-state index contributed by atoms with van der Waals surface area (Å²) in [6.07, 6.45) is 3.82. The molecule has 29 heavy (non-hydrogen) atoms. The number of guanidine groups is 1. The average molecular weight is 505 g/mol. The lowest BCUT2D eigenvalue weighted by molar-refractivity contribution is 0.293. The summed E-state index contributed by atoms with van der Waals surface area (Å²) in [7, 11) is 5.88. The molecule has 0 unspecified atom stereocenters. The Balaban J connectivity index is 0.00000300. The zero-order valence-electron chi connectivity index (χ0n) is 17.1. The summed E-state index contributed by atoms with van der Waals surface area (Å²) in [5.74, 6) is 1.46. The average Bonchev–Trinajstić information content (AvgIpc) is 3.12. The molecule has 0 saturated heterocycles. The molecule has 0 aliphatic rings. The maximum Gasteiger partial charge on any atom is 0.213 e. The first-order chi connectivity index (χ1) is 13.7. The highest BCUT2D eigenvalue weighted by Gasteiger charge is 2.09. The molecule has 0 spiro atoms. The highest BCUT2D eigenvalue weighted by Crippen LogP contribution is 2.12. The first kappa shape index (κ1) is 22.7. The maximum atomic E-state index is 5.81. The van der Waals surface area contributed by atoms with Crippen molar-refractivity contribution in [1.82, 2.24) is 19.8 Å². The van der Waals surface area contributed by atoms with E-state index in [4.69, 9.17) is 4.74 Å². The van der Waals surface area contributed by atoms with E-state index in [9.17, 15) is 0 Å². The van der Waals surface area contributed by atoms with Crippen LogP contribution in [0.3, 0.4) is 0 Å². The van der Waals surface area contributed by atoms with E-state index in [0.29, 0.717) is 19.0 Å². The van der Waals surface area contributed by atoms with Crippen LogP contribution < -0.4 is 10.1 Å². The number of ether oxygens (including phenoxy) is 1. The van der Waals surface area contributed by atoms with Crippen molar-refractivity contribution in [2.24, 2.45) is 12.0 Å². The van der Waals surface area contributed by atoms with E-state index in [0.717, 1.165) is 23.6 Å². The van der Waals surface area contributed by atoms with E-state index in [-0.39, 0.29) is 24.0 Å². The number of rotatable bonds is 7. The molecule has 1 aromatic carbocycles. The number of nitrogens with one attached hydrogen (secondary N) is 1. The van der Waals surface area contributed by atoms with E-state index in [1.165, 1.54) is 5.69 Å². The fraction of sp³-hybridized carbons (Fsp3) is 0.273. The van der Waals surface area contributed by atoms with Gasteiger partial charge in [0, 0.05) is 51.8 Å². The van der Waals surface area contributed by atoms with Crippen LogP contribution in [0.15, 0.2) is 72.0 Å². The van der Waals surface area contributed by atoms with Gasteiger partial charge in [-0.15, -0.1) is 24.0 Å². The van der Waals surface area contributed by atoms with Crippen molar-refractivity contribution in [1.29, 1.82) is 0 Å². The number of aryl methyl sites for hydroxylation is 1. The van der Waals surface area contributed by atoms with E-state index in [1.54, 1.807) is 13.2 Å². The zero-order valence-corrected chi connectivity index (χ0v) is 19.4. The number of pyridine rings is 1. The number of nitrogens with zero attached hydrogens (tertiary/aromatic N) is 4. The van der Waals surface area contributed by atoms with Crippen LogP contribution in [-0.4, -0.2) is 34.5 Å². The largest absolute Gasteiger partial charge is 0.473 e. The van der Waals surface area contributed by atoms with E-state index >= 15 is 0 Å². The summed E-state index contributed by atoms with van der Waals surface area (Å²) in [6, 6.07) is 18.2. The minimum absolute atomic E-state index is 0. The van der Waals surface area contributed by atoms with Gasteiger partial charge in [-0.05, 0) is 29.3 Å². The minimum Gasteiger partial charge on any atom is -0.473 e. The Labute approximate surface area is 189 Å². The lowest BCUT2D eigenvalue weighted by Gasteiger charge is -2.22. The highest BCUT2D eigenvalue weighted by molar-refractivity contribution is 14.0. The molecule has 0 bridgehead atoms. The molecule has 0 amide bonds. The lowest BCUT2D eigenvalue weighted by atomic mass is 10.2. The molecule has 0 aliphatic carbocycles. The van der Waals surface area contributed by atoms with Crippen LogP contribution in [-0.2, 0) is 26.7 Å². The zero-order chi connectivity index (χ0) is 19.8. The molecule has 2 heterocycles. The van der Waals surface area contributed by atoms with Gasteiger partial charge < -0.3 is 19.5 Å². The topological polar surface area (TPSA) is 54.7 Å². The fourth-order valence-electron chi connectivity index (χ4n) is 2.92. The Hall–Kier alpha value is -2.55. The smallest absolute Gasteiger partial charge is 0.213 e. The Kier molecular flexibility index (Phi) is 8.98. The molecular formula is C22H28IN5O. The van der Waals surface area contributed by atoms with Gasteiger partial charge in [0.15, 0.2) is 5.96 Å². The van der Waals surface area contributed by atoms with Crippen molar-refractivity contribution in [2.45, 2.75) is 19.7 Å². The third kappa shape index (κ3) is 6.77. The number of hydrogen-bond acceptors (Lipinski definition) is 3. The van der Waals surface area contributed by atoms with Gasteiger partial charge in [-0.3, -0.25) is 4.99 Å². The lowest BCUT2D eigenvalue weighted by Crippen LogP contribution is -2.38. The number of halogens is 1. The van der Waals surface area contributed by atoms with Crippen molar-refractivity contribution >= 4 is 29.9 Å². The normalized spacial score (nSPS) is 10.9. The standard InChI is InChI=1S/C22H27N5O.HI/c1-23-22(27(3)16-20-10-7-13-26(20)2)25-15-19-11-12-24-21(14-19)28-17-18-8-5-4-6-9-18;/h4-14H,15-17H2,1-3H3,(H,23,25);1H. The fourth-order valence-corrected chi connectivity index (χ4v) is 2.92. The SMILES string of the molecule is CN=C(NCc1ccnc(OCc2ccccc2)c1)N(C)Cc1cccn1C.I. The van der Waals surface area contributed by atoms with Crippen molar-refractivity contribution in [3.05, 3.63) is 83.8 Å². The predicted molar refractivity (Wildman–Crippen MR) is 128 cm³/mol. The molecular weight excluding hydrogens is 477 g/mol. The summed E-state index contributed by atoms with van der Waals surface area (Å²) in [5, 5.41) is 3.40. The van der Waals surface area contributed by atoms with Crippen LogP contribution in [0.4, 0.5) is 0 Å². The van der Waals surface area contributed by atoms with E-state index < -0.39 is 0 Å². The number of aliphatic imine (C=N–C) groups is 1. The van der Waals surface area contributed by atoms with Crippen LogP contribution in [0.5, 0.6) is 5.88 Å². The van der Waals surface area contributed by atoms with E-state index in [2.05, 4.69) is 30.8 Å². The first-order valence-corrected chi connectivity index (χ1v) is 9.29. The Morgan fingerprint density at radius 1 is 1.14 bits per heavy atom.